The summed E-state index contributed by atoms with van der Waals surface area (Å²) in [7, 11) is 0. The Balaban J connectivity index is 1.36. The molecule has 2 heterocycles. The molecule has 1 aliphatic heterocycles. The van der Waals surface area contributed by atoms with Crippen LogP contribution in [0.2, 0.25) is 0 Å². The number of fused-ring (bicyclic) bond motifs is 1. The third-order valence-corrected chi connectivity index (χ3v) is 5.90. The summed E-state index contributed by atoms with van der Waals surface area (Å²) in [6.45, 7) is 1.42. The first-order valence-electron chi connectivity index (χ1n) is 10.5. The fourth-order valence-electron chi connectivity index (χ4n) is 4.31. The van der Waals surface area contributed by atoms with Crippen LogP contribution in [0.5, 0.6) is 0 Å². The zero-order chi connectivity index (χ0) is 20.5. The third-order valence-electron chi connectivity index (χ3n) is 5.90. The normalized spacial score (nSPS) is 15.5. The van der Waals surface area contributed by atoms with Crippen LogP contribution in [0, 0.1) is 0 Å². The molecule has 1 saturated heterocycles. The number of aromatic nitrogens is 2. The molecule has 0 atom stereocenters. The lowest BCUT2D eigenvalue weighted by atomic mass is 10.1. The maximum atomic E-state index is 13.0. The van der Waals surface area contributed by atoms with Crippen LogP contribution in [0.4, 0.5) is 5.82 Å². The van der Waals surface area contributed by atoms with Gasteiger partial charge in [-0.1, -0.05) is 30.3 Å². The topological polar surface area (TPSA) is 67.2 Å². The van der Waals surface area contributed by atoms with Crippen molar-refractivity contribution in [3.63, 3.8) is 0 Å². The maximum Gasteiger partial charge on any atom is 0.256 e. The fourth-order valence-corrected chi connectivity index (χ4v) is 4.31. The van der Waals surface area contributed by atoms with E-state index >= 15 is 0 Å². The number of amides is 2. The van der Waals surface area contributed by atoms with Crippen LogP contribution >= 0.6 is 0 Å². The smallest absolute Gasteiger partial charge is 0.256 e. The predicted molar refractivity (Wildman–Crippen MR) is 115 cm³/mol. The second kappa shape index (κ2) is 7.78. The number of carbonyl (C=O) groups excluding carboxylic acids is 2. The van der Waals surface area contributed by atoms with Gasteiger partial charge < -0.3 is 10.2 Å². The Kier molecular flexibility index (Phi) is 4.83. The Labute approximate surface area is 175 Å². The first kappa shape index (κ1) is 18.6. The lowest BCUT2D eigenvalue weighted by Gasteiger charge is -2.15. The van der Waals surface area contributed by atoms with E-state index < -0.39 is 0 Å². The summed E-state index contributed by atoms with van der Waals surface area (Å²) in [6.07, 6.45) is 4.52. The van der Waals surface area contributed by atoms with E-state index in [0.717, 1.165) is 60.6 Å². The Hall–Kier alpha value is -3.41. The average Bonchev–Trinajstić information content (AvgIpc) is 3.47. The number of anilines is 1. The minimum atomic E-state index is -0.148. The second-order valence-corrected chi connectivity index (χ2v) is 7.94. The Bertz CT molecular complexity index is 1090. The highest BCUT2D eigenvalue weighted by molar-refractivity contribution is 6.04. The summed E-state index contributed by atoms with van der Waals surface area (Å²) >= 11 is 0. The van der Waals surface area contributed by atoms with Crippen molar-refractivity contribution in [2.75, 3.05) is 11.9 Å². The lowest BCUT2D eigenvalue weighted by molar-refractivity contribution is -0.128. The zero-order valence-corrected chi connectivity index (χ0v) is 16.8. The van der Waals surface area contributed by atoms with E-state index in [2.05, 4.69) is 5.32 Å². The van der Waals surface area contributed by atoms with Gasteiger partial charge in [-0.05, 0) is 55.5 Å². The Morgan fingerprint density at radius 3 is 2.50 bits per heavy atom. The van der Waals surface area contributed by atoms with Crippen molar-refractivity contribution in [1.29, 1.82) is 0 Å². The van der Waals surface area contributed by atoms with Crippen LogP contribution in [-0.2, 0) is 24.2 Å². The molecular formula is C24H24N4O2. The van der Waals surface area contributed by atoms with Crippen LogP contribution in [0.3, 0.4) is 0 Å². The molecule has 1 aromatic heterocycles. The molecule has 0 unspecified atom stereocenters. The third kappa shape index (κ3) is 3.49. The minimum absolute atomic E-state index is 0.148. The monoisotopic (exact) mass is 400 g/mol. The molecule has 6 nitrogen and oxygen atoms in total. The summed E-state index contributed by atoms with van der Waals surface area (Å²) in [5.41, 5.74) is 4.78. The molecule has 5 rings (SSSR count). The quantitative estimate of drug-likeness (QED) is 0.710. The number of nitrogens with one attached hydrogen (secondary N) is 1. The molecule has 1 fully saturated rings. The first-order valence-corrected chi connectivity index (χ1v) is 10.5. The maximum absolute atomic E-state index is 13.0. The van der Waals surface area contributed by atoms with Gasteiger partial charge in [-0.15, -0.1) is 0 Å². The van der Waals surface area contributed by atoms with Crippen molar-refractivity contribution in [1.82, 2.24) is 14.7 Å². The summed E-state index contributed by atoms with van der Waals surface area (Å²) < 4.78 is 1.84. The standard InChI is InChI=1S/C24H24N4O2/c29-22-10-5-15-27(22)16-17-11-13-18(14-12-17)24(30)25-23-20-8-4-9-21(20)26-28(23)19-6-2-1-3-7-19/h1-3,6-7,11-14H,4-5,8-10,15-16H2,(H,25,30). The van der Waals surface area contributed by atoms with E-state index in [1.807, 2.05) is 64.2 Å². The SMILES string of the molecule is O=C(Nc1c2c(nn1-c1ccccc1)CCC2)c1ccc(CN2CCCC2=O)cc1. The predicted octanol–water partition coefficient (Wildman–Crippen LogP) is 3.74. The number of aryl methyl sites for hydroxylation is 1. The summed E-state index contributed by atoms with van der Waals surface area (Å²) in [6, 6.07) is 17.4. The highest BCUT2D eigenvalue weighted by Crippen LogP contribution is 2.31. The highest BCUT2D eigenvalue weighted by Gasteiger charge is 2.25. The summed E-state index contributed by atoms with van der Waals surface area (Å²) in [5, 5.41) is 7.85. The molecule has 0 saturated carbocycles. The van der Waals surface area contributed by atoms with E-state index in [-0.39, 0.29) is 11.8 Å². The van der Waals surface area contributed by atoms with Gasteiger partial charge in [0.15, 0.2) is 0 Å². The van der Waals surface area contributed by atoms with Crippen LogP contribution < -0.4 is 5.32 Å². The number of nitrogens with zero attached hydrogens (tertiary/aromatic N) is 3. The summed E-state index contributed by atoms with van der Waals surface area (Å²) in [5.74, 6) is 0.830. The van der Waals surface area contributed by atoms with E-state index in [9.17, 15) is 9.59 Å². The van der Waals surface area contributed by atoms with Crippen molar-refractivity contribution >= 4 is 17.6 Å². The van der Waals surface area contributed by atoms with Gasteiger partial charge in [0.25, 0.3) is 5.91 Å². The number of hydrogen-bond acceptors (Lipinski definition) is 3. The van der Waals surface area contributed by atoms with Crippen molar-refractivity contribution < 1.29 is 9.59 Å². The van der Waals surface area contributed by atoms with Crippen molar-refractivity contribution in [2.45, 2.75) is 38.6 Å². The molecule has 1 aliphatic carbocycles. The summed E-state index contributed by atoms with van der Waals surface area (Å²) in [4.78, 5) is 26.7. The van der Waals surface area contributed by atoms with Gasteiger partial charge >= 0.3 is 0 Å². The second-order valence-electron chi connectivity index (χ2n) is 7.94. The fraction of sp³-hybridized carbons (Fsp3) is 0.292. The molecule has 3 aromatic rings. The number of likely N-dealkylation sites (tertiary alicyclic amines) is 1. The lowest BCUT2D eigenvalue weighted by Crippen LogP contribution is -2.23. The molecule has 0 spiro atoms. The first-order chi connectivity index (χ1) is 14.7. The average molecular weight is 400 g/mol. The van der Waals surface area contributed by atoms with Crippen LogP contribution in [0.25, 0.3) is 5.69 Å². The Morgan fingerprint density at radius 2 is 1.77 bits per heavy atom. The van der Waals surface area contributed by atoms with E-state index in [1.54, 1.807) is 0 Å². The molecule has 152 valence electrons. The highest BCUT2D eigenvalue weighted by atomic mass is 16.2. The minimum Gasteiger partial charge on any atom is -0.338 e. The van der Waals surface area contributed by atoms with Gasteiger partial charge in [-0.3, -0.25) is 9.59 Å². The molecule has 2 amide bonds. The van der Waals surface area contributed by atoms with Gasteiger partial charge in [0.1, 0.15) is 5.82 Å². The number of hydrogen-bond donors (Lipinski definition) is 1. The van der Waals surface area contributed by atoms with Crippen LogP contribution in [0.15, 0.2) is 54.6 Å². The van der Waals surface area contributed by atoms with Gasteiger partial charge in [-0.25, -0.2) is 4.68 Å². The van der Waals surface area contributed by atoms with Crippen LogP contribution in [-0.4, -0.2) is 33.0 Å². The van der Waals surface area contributed by atoms with Gasteiger partial charge in [-0.2, -0.15) is 5.10 Å². The zero-order valence-electron chi connectivity index (χ0n) is 16.8. The van der Waals surface area contributed by atoms with Gasteiger partial charge in [0.2, 0.25) is 5.91 Å². The van der Waals surface area contributed by atoms with Gasteiger partial charge in [0.05, 0.1) is 11.4 Å². The molecule has 0 bridgehead atoms. The largest absolute Gasteiger partial charge is 0.338 e. The van der Waals surface area contributed by atoms with E-state index in [1.165, 1.54) is 0 Å². The van der Waals surface area contributed by atoms with Crippen molar-refractivity contribution in [3.8, 4) is 5.69 Å². The molecule has 2 aliphatic rings. The molecular weight excluding hydrogens is 376 g/mol. The molecule has 1 N–H and O–H groups in total. The van der Waals surface area contributed by atoms with E-state index in [4.69, 9.17) is 5.10 Å². The Morgan fingerprint density at radius 1 is 0.967 bits per heavy atom. The van der Waals surface area contributed by atoms with E-state index in [0.29, 0.717) is 18.5 Å². The number of benzene rings is 2. The van der Waals surface area contributed by atoms with Gasteiger partial charge in [0, 0.05) is 30.6 Å². The molecule has 2 aromatic carbocycles. The van der Waals surface area contributed by atoms with Crippen molar-refractivity contribution in [3.05, 3.63) is 77.0 Å². The molecule has 6 heteroatoms. The molecule has 30 heavy (non-hydrogen) atoms. The number of para-hydroxylation sites is 1. The van der Waals surface area contributed by atoms with Crippen LogP contribution in [0.1, 0.15) is 46.4 Å². The number of rotatable bonds is 5. The molecule has 0 radical (unpaired) electrons. The van der Waals surface area contributed by atoms with Crippen molar-refractivity contribution in [2.24, 2.45) is 0 Å². The number of carbonyl (C=O) groups is 2.